The first-order chi connectivity index (χ1) is 4.86. The maximum absolute atomic E-state index is 4.96. The quantitative estimate of drug-likeness (QED) is 0.632. The maximum atomic E-state index is 4.96. The molecule has 10 heavy (non-hydrogen) atoms. The third kappa shape index (κ3) is 1.50. The van der Waals surface area contributed by atoms with E-state index in [0.717, 1.165) is 18.7 Å². The minimum atomic E-state index is 0.827. The van der Waals surface area contributed by atoms with Crippen molar-refractivity contribution in [2.45, 2.75) is 19.9 Å². The minimum absolute atomic E-state index is 0.827. The van der Waals surface area contributed by atoms with Gasteiger partial charge in [0, 0.05) is 6.54 Å². The van der Waals surface area contributed by atoms with Crippen molar-refractivity contribution in [3.05, 3.63) is 12.4 Å². The Balaban J connectivity index is 2.59. The summed E-state index contributed by atoms with van der Waals surface area (Å²) in [6.07, 6.45) is 4.71. The Morgan fingerprint density at radius 2 is 2.50 bits per heavy atom. The first-order valence-electron chi connectivity index (χ1n) is 3.43. The molecule has 0 aliphatic rings. The van der Waals surface area contributed by atoms with Crippen LogP contribution in [0.2, 0.25) is 0 Å². The van der Waals surface area contributed by atoms with Crippen LogP contribution < -0.4 is 4.74 Å². The second kappa shape index (κ2) is 3.25. The summed E-state index contributed by atoms with van der Waals surface area (Å²) in [6.45, 7) is 3.08. The fraction of sp³-hybridized carbons (Fsp3) is 0.571. The number of aryl methyl sites for hydroxylation is 1. The molecule has 3 heteroatoms. The van der Waals surface area contributed by atoms with Gasteiger partial charge in [-0.3, -0.25) is 4.68 Å². The molecule has 0 aliphatic carbocycles. The van der Waals surface area contributed by atoms with Crippen molar-refractivity contribution in [2.75, 3.05) is 7.11 Å². The van der Waals surface area contributed by atoms with Crippen molar-refractivity contribution in [3.8, 4) is 5.75 Å². The summed E-state index contributed by atoms with van der Waals surface area (Å²) in [7, 11) is 1.65. The van der Waals surface area contributed by atoms with Gasteiger partial charge in [0.1, 0.15) is 0 Å². The number of ether oxygens (including phenoxy) is 1. The highest BCUT2D eigenvalue weighted by atomic mass is 16.5. The zero-order valence-corrected chi connectivity index (χ0v) is 6.37. The van der Waals surface area contributed by atoms with Crippen LogP contribution in [-0.2, 0) is 6.54 Å². The van der Waals surface area contributed by atoms with Crippen molar-refractivity contribution in [1.29, 1.82) is 0 Å². The summed E-state index contributed by atoms with van der Waals surface area (Å²) in [5.41, 5.74) is 0. The van der Waals surface area contributed by atoms with Gasteiger partial charge < -0.3 is 4.74 Å². The number of aromatic nitrogens is 2. The smallest absolute Gasteiger partial charge is 0.156 e. The van der Waals surface area contributed by atoms with Crippen LogP contribution in [0.1, 0.15) is 13.3 Å². The van der Waals surface area contributed by atoms with E-state index in [4.69, 9.17) is 4.74 Å². The molecule has 1 heterocycles. The fourth-order valence-corrected chi connectivity index (χ4v) is 0.801. The molecule has 1 aromatic heterocycles. The van der Waals surface area contributed by atoms with Crippen molar-refractivity contribution in [1.82, 2.24) is 9.78 Å². The monoisotopic (exact) mass is 140 g/mol. The van der Waals surface area contributed by atoms with Crippen molar-refractivity contribution < 1.29 is 4.74 Å². The van der Waals surface area contributed by atoms with Gasteiger partial charge in [-0.15, -0.1) is 0 Å². The lowest BCUT2D eigenvalue weighted by Crippen LogP contribution is -1.95. The number of hydrogen-bond acceptors (Lipinski definition) is 2. The lowest BCUT2D eigenvalue weighted by Gasteiger charge is -1.94. The molecule has 0 fully saturated rings. The number of nitrogens with zero attached hydrogens (tertiary/aromatic N) is 2. The van der Waals surface area contributed by atoms with Crippen LogP contribution in [0.15, 0.2) is 12.4 Å². The maximum Gasteiger partial charge on any atom is 0.156 e. The summed E-state index contributed by atoms with van der Waals surface area (Å²) in [5, 5.41) is 4.07. The molecule has 0 aromatic carbocycles. The Hall–Kier alpha value is -0.990. The van der Waals surface area contributed by atoms with E-state index in [-0.39, 0.29) is 0 Å². The molecule has 0 atom stereocenters. The molecular formula is C7H12N2O. The van der Waals surface area contributed by atoms with Gasteiger partial charge in [0.05, 0.1) is 19.5 Å². The molecule has 3 nitrogen and oxygen atoms in total. The van der Waals surface area contributed by atoms with Crippen LogP contribution in [0.5, 0.6) is 5.75 Å². The Morgan fingerprint density at radius 3 is 3.00 bits per heavy atom. The molecule has 0 spiro atoms. The number of hydrogen-bond donors (Lipinski definition) is 0. The predicted octanol–water partition coefficient (Wildman–Crippen LogP) is 1.30. The molecule has 0 aliphatic heterocycles. The number of rotatable bonds is 3. The highest BCUT2D eigenvalue weighted by Gasteiger charge is 1.93. The van der Waals surface area contributed by atoms with E-state index in [9.17, 15) is 0 Å². The molecule has 0 amide bonds. The van der Waals surface area contributed by atoms with Crippen LogP contribution >= 0.6 is 0 Å². The standard InChI is InChI=1S/C7H12N2O/c1-3-4-9-6-7(10-2)5-8-9/h5-6H,3-4H2,1-2H3. The van der Waals surface area contributed by atoms with Gasteiger partial charge in [0.25, 0.3) is 0 Å². The highest BCUT2D eigenvalue weighted by molar-refractivity contribution is 5.10. The van der Waals surface area contributed by atoms with Gasteiger partial charge in [-0.2, -0.15) is 5.10 Å². The molecule has 0 unspecified atom stereocenters. The van der Waals surface area contributed by atoms with Crippen LogP contribution in [-0.4, -0.2) is 16.9 Å². The van der Waals surface area contributed by atoms with Crippen molar-refractivity contribution in [2.24, 2.45) is 0 Å². The van der Waals surface area contributed by atoms with E-state index in [1.807, 2.05) is 10.9 Å². The zero-order chi connectivity index (χ0) is 7.40. The van der Waals surface area contributed by atoms with Crippen LogP contribution in [0.3, 0.4) is 0 Å². The molecule has 0 radical (unpaired) electrons. The molecule has 1 rings (SSSR count). The van der Waals surface area contributed by atoms with E-state index in [1.165, 1.54) is 0 Å². The SMILES string of the molecule is CCCn1cc(OC)cn1. The first kappa shape index (κ1) is 7.12. The van der Waals surface area contributed by atoms with Crippen LogP contribution in [0.4, 0.5) is 0 Å². The Kier molecular flexibility index (Phi) is 2.31. The predicted molar refractivity (Wildman–Crippen MR) is 39.1 cm³/mol. The van der Waals surface area contributed by atoms with Crippen LogP contribution in [0, 0.1) is 0 Å². The Bertz CT molecular complexity index is 195. The lowest BCUT2D eigenvalue weighted by atomic mass is 10.5. The van der Waals surface area contributed by atoms with E-state index < -0.39 is 0 Å². The minimum Gasteiger partial charge on any atom is -0.493 e. The topological polar surface area (TPSA) is 27.1 Å². The number of methoxy groups -OCH3 is 1. The molecule has 0 N–H and O–H groups in total. The summed E-state index contributed by atoms with van der Waals surface area (Å²) in [6, 6.07) is 0. The van der Waals surface area contributed by atoms with Crippen molar-refractivity contribution >= 4 is 0 Å². The van der Waals surface area contributed by atoms with Gasteiger partial charge in [-0.05, 0) is 6.42 Å². The third-order valence-corrected chi connectivity index (χ3v) is 1.30. The Morgan fingerprint density at radius 1 is 1.70 bits per heavy atom. The second-order valence-corrected chi connectivity index (χ2v) is 2.14. The van der Waals surface area contributed by atoms with Gasteiger partial charge in [0.2, 0.25) is 0 Å². The molecule has 0 saturated heterocycles. The first-order valence-corrected chi connectivity index (χ1v) is 3.43. The van der Waals surface area contributed by atoms with E-state index >= 15 is 0 Å². The fourth-order valence-electron chi connectivity index (χ4n) is 0.801. The molecule has 56 valence electrons. The molecule has 1 aromatic rings. The normalized spacial score (nSPS) is 9.80. The van der Waals surface area contributed by atoms with Crippen molar-refractivity contribution in [3.63, 3.8) is 0 Å². The van der Waals surface area contributed by atoms with Gasteiger partial charge >= 0.3 is 0 Å². The zero-order valence-electron chi connectivity index (χ0n) is 6.37. The highest BCUT2D eigenvalue weighted by Crippen LogP contribution is 2.06. The lowest BCUT2D eigenvalue weighted by molar-refractivity contribution is 0.413. The summed E-state index contributed by atoms with van der Waals surface area (Å²) >= 11 is 0. The third-order valence-electron chi connectivity index (χ3n) is 1.30. The molecule has 0 saturated carbocycles. The van der Waals surface area contributed by atoms with Gasteiger partial charge in [-0.1, -0.05) is 6.92 Å². The van der Waals surface area contributed by atoms with E-state index in [0.29, 0.717) is 0 Å². The van der Waals surface area contributed by atoms with E-state index in [2.05, 4.69) is 12.0 Å². The summed E-state index contributed by atoms with van der Waals surface area (Å²) in [5.74, 6) is 0.827. The summed E-state index contributed by atoms with van der Waals surface area (Å²) in [4.78, 5) is 0. The van der Waals surface area contributed by atoms with Gasteiger partial charge in [-0.25, -0.2) is 0 Å². The largest absolute Gasteiger partial charge is 0.493 e. The molecular weight excluding hydrogens is 128 g/mol. The van der Waals surface area contributed by atoms with Crippen LogP contribution in [0.25, 0.3) is 0 Å². The van der Waals surface area contributed by atoms with Gasteiger partial charge in [0.15, 0.2) is 5.75 Å². The second-order valence-electron chi connectivity index (χ2n) is 2.14. The molecule has 0 bridgehead atoms. The average Bonchev–Trinajstić information content (AvgIpc) is 2.37. The summed E-state index contributed by atoms with van der Waals surface area (Å²) < 4.78 is 6.83. The van der Waals surface area contributed by atoms with E-state index in [1.54, 1.807) is 13.3 Å². The average molecular weight is 140 g/mol. The Labute approximate surface area is 60.6 Å².